The molecule has 0 saturated carbocycles. The van der Waals surface area contributed by atoms with E-state index in [9.17, 15) is 4.39 Å². The lowest BCUT2D eigenvalue weighted by molar-refractivity contribution is 0.478. The summed E-state index contributed by atoms with van der Waals surface area (Å²) in [6, 6.07) is 4.46. The van der Waals surface area contributed by atoms with Crippen LogP contribution in [-0.2, 0) is 0 Å². The van der Waals surface area contributed by atoms with Gasteiger partial charge in [0, 0.05) is 21.4 Å². The van der Waals surface area contributed by atoms with Crippen LogP contribution in [0.1, 0.15) is 31.4 Å². The lowest BCUT2D eigenvalue weighted by atomic mass is 9.91. The third-order valence-corrected chi connectivity index (χ3v) is 5.05. The molecule has 88 valence electrons. The van der Waals surface area contributed by atoms with Gasteiger partial charge in [0.05, 0.1) is 0 Å². The number of thioether (sulfide) groups is 1. The quantitative estimate of drug-likeness (QED) is 0.875. The van der Waals surface area contributed by atoms with Gasteiger partial charge in [-0.3, -0.25) is 0 Å². The van der Waals surface area contributed by atoms with Gasteiger partial charge in [-0.2, -0.15) is 11.8 Å². The first-order valence-electron chi connectivity index (χ1n) is 5.37. The Morgan fingerprint density at radius 2 is 2.31 bits per heavy atom. The van der Waals surface area contributed by atoms with Crippen LogP contribution in [0.3, 0.4) is 0 Å². The highest BCUT2D eigenvalue weighted by Crippen LogP contribution is 2.45. The number of rotatable bonds is 2. The van der Waals surface area contributed by atoms with Crippen molar-refractivity contribution in [2.45, 2.75) is 30.6 Å². The molecule has 1 aromatic carbocycles. The summed E-state index contributed by atoms with van der Waals surface area (Å²) in [5.74, 6) is 0.813. The van der Waals surface area contributed by atoms with Crippen molar-refractivity contribution in [2.24, 2.45) is 5.73 Å². The number of hydrogen-bond acceptors (Lipinski definition) is 2. The summed E-state index contributed by atoms with van der Waals surface area (Å²) in [4.78, 5) is 0. The number of nitrogens with two attached hydrogens (primary N) is 1. The van der Waals surface area contributed by atoms with Gasteiger partial charge < -0.3 is 5.73 Å². The van der Waals surface area contributed by atoms with Gasteiger partial charge in [0.2, 0.25) is 0 Å². The molecule has 2 rings (SSSR count). The van der Waals surface area contributed by atoms with Gasteiger partial charge in [0.15, 0.2) is 0 Å². The van der Waals surface area contributed by atoms with Gasteiger partial charge in [-0.25, -0.2) is 4.39 Å². The lowest BCUT2D eigenvalue weighted by Gasteiger charge is -2.30. The van der Waals surface area contributed by atoms with Gasteiger partial charge in [0.25, 0.3) is 0 Å². The number of hydrogen-bond donors (Lipinski definition) is 1. The Bertz CT molecular complexity index is 391. The second kappa shape index (κ2) is 4.55. The maximum atomic E-state index is 13.8. The molecule has 16 heavy (non-hydrogen) atoms. The smallest absolute Gasteiger partial charge is 0.129 e. The van der Waals surface area contributed by atoms with Crippen LogP contribution in [0.25, 0.3) is 0 Å². The highest BCUT2D eigenvalue weighted by molar-refractivity contribution is 8.00. The van der Waals surface area contributed by atoms with E-state index >= 15 is 0 Å². The van der Waals surface area contributed by atoms with E-state index in [0.717, 1.165) is 18.6 Å². The van der Waals surface area contributed by atoms with E-state index in [1.165, 1.54) is 6.07 Å². The molecule has 1 nitrogen and oxygen atoms in total. The zero-order valence-electron chi connectivity index (χ0n) is 9.17. The van der Waals surface area contributed by atoms with Crippen LogP contribution < -0.4 is 5.73 Å². The van der Waals surface area contributed by atoms with E-state index in [1.807, 2.05) is 11.8 Å². The second-order valence-corrected chi connectivity index (χ2v) is 6.47. The molecule has 0 aliphatic carbocycles. The monoisotopic (exact) mass is 259 g/mol. The Kier molecular flexibility index (Phi) is 3.48. The molecule has 1 heterocycles. The molecule has 1 aromatic rings. The Hall–Kier alpha value is -0.250. The summed E-state index contributed by atoms with van der Waals surface area (Å²) in [6.07, 6.45) is 2.20. The maximum Gasteiger partial charge on any atom is 0.129 e. The van der Waals surface area contributed by atoms with Gasteiger partial charge in [0.1, 0.15) is 5.82 Å². The molecule has 2 N–H and O–H groups in total. The van der Waals surface area contributed by atoms with Crippen LogP contribution in [0.5, 0.6) is 0 Å². The number of halogens is 2. The SMILES string of the molecule is CC1(C(N)c2ccc(Cl)cc2F)CCCS1. The predicted molar refractivity (Wildman–Crippen MR) is 68.4 cm³/mol. The Balaban J connectivity index is 2.29. The van der Waals surface area contributed by atoms with E-state index in [-0.39, 0.29) is 16.6 Å². The first-order valence-corrected chi connectivity index (χ1v) is 6.74. The van der Waals surface area contributed by atoms with Crippen LogP contribution in [0.4, 0.5) is 4.39 Å². The molecule has 1 saturated heterocycles. The largest absolute Gasteiger partial charge is 0.323 e. The molecule has 1 fully saturated rings. The minimum atomic E-state index is -0.297. The molecular weight excluding hydrogens is 245 g/mol. The topological polar surface area (TPSA) is 26.0 Å². The van der Waals surface area contributed by atoms with E-state index in [2.05, 4.69) is 6.92 Å². The van der Waals surface area contributed by atoms with Crippen LogP contribution >= 0.6 is 23.4 Å². The van der Waals surface area contributed by atoms with Crippen molar-refractivity contribution >= 4 is 23.4 Å². The average molecular weight is 260 g/mol. The first-order chi connectivity index (χ1) is 7.53. The molecule has 0 amide bonds. The summed E-state index contributed by atoms with van der Waals surface area (Å²) < 4.78 is 13.7. The van der Waals surface area contributed by atoms with Crippen LogP contribution in [0, 0.1) is 5.82 Å². The predicted octanol–water partition coefficient (Wildman–Crippen LogP) is 3.76. The van der Waals surface area contributed by atoms with Crippen LogP contribution in [0.2, 0.25) is 5.02 Å². The molecule has 0 radical (unpaired) electrons. The van der Waals surface area contributed by atoms with Crippen molar-refractivity contribution in [1.29, 1.82) is 0 Å². The van der Waals surface area contributed by atoms with Crippen molar-refractivity contribution < 1.29 is 4.39 Å². The molecule has 0 spiro atoms. The highest BCUT2D eigenvalue weighted by Gasteiger charge is 2.37. The van der Waals surface area contributed by atoms with Crippen molar-refractivity contribution in [3.05, 3.63) is 34.6 Å². The first kappa shape index (κ1) is 12.2. The Morgan fingerprint density at radius 1 is 1.56 bits per heavy atom. The summed E-state index contributed by atoms with van der Waals surface area (Å²) >= 11 is 7.57. The van der Waals surface area contributed by atoms with E-state index in [0.29, 0.717) is 10.6 Å². The Morgan fingerprint density at radius 3 is 2.88 bits per heavy atom. The molecule has 1 aliphatic rings. The fourth-order valence-electron chi connectivity index (χ4n) is 2.13. The third kappa shape index (κ3) is 2.22. The maximum absolute atomic E-state index is 13.8. The Labute approximate surface area is 105 Å². The van der Waals surface area contributed by atoms with Crippen LogP contribution in [0.15, 0.2) is 18.2 Å². The van der Waals surface area contributed by atoms with Gasteiger partial charge in [-0.15, -0.1) is 0 Å². The lowest BCUT2D eigenvalue weighted by Crippen LogP contribution is -2.33. The highest BCUT2D eigenvalue weighted by atomic mass is 35.5. The van der Waals surface area contributed by atoms with Crippen molar-refractivity contribution in [2.75, 3.05) is 5.75 Å². The zero-order valence-corrected chi connectivity index (χ0v) is 10.7. The zero-order chi connectivity index (χ0) is 11.8. The molecule has 4 heteroatoms. The summed E-state index contributed by atoms with van der Waals surface area (Å²) in [5.41, 5.74) is 6.75. The third-order valence-electron chi connectivity index (χ3n) is 3.20. The molecule has 0 aromatic heterocycles. The summed E-state index contributed by atoms with van der Waals surface area (Å²) in [5, 5.41) is 0.415. The standard InChI is InChI=1S/C12H15ClFNS/c1-12(5-2-6-16-12)11(15)9-4-3-8(13)7-10(9)14/h3-4,7,11H,2,5-6,15H2,1H3. The summed E-state index contributed by atoms with van der Waals surface area (Å²) in [6.45, 7) is 2.11. The van der Waals surface area contributed by atoms with Gasteiger partial charge in [-0.05, 0) is 37.7 Å². The van der Waals surface area contributed by atoms with Crippen molar-refractivity contribution in [3.63, 3.8) is 0 Å². The fraction of sp³-hybridized carbons (Fsp3) is 0.500. The van der Waals surface area contributed by atoms with E-state index in [1.54, 1.807) is 12.1 Å². The van der Waals surface area contributed by atoms with Gasteiger partial charge >= 0.3 is 0 Å². The summed E-state index contributed by atoms with van der Waals surface area (Å²) in [7, 11) is 0. The van der Waals surface area contributed by atoms with Gasteiger partial charge in [-0.1, -0.05) is 17.7 Å². The van der Waals surface area contributed by atoms with Crippen molar-refractivity contribution in [3.8, 4) is 0 Å². The molecule has 1 aliphatic heterocycles. The molecular formula is C12H15ClFNS. The van der Waals surface area contributed by atoms with E-state index in [4.69, 9.17) is 17.3 Å². The normalized spacial score (nSPS) is 27.0. The minimum absolute atomic E-state index is 0.0470. The minimum Gasteiger partial charge on any atom is -0.323 e. The fourth-order valence-corrected chi connectivity index (χ4v) is 3.64. The second-order valence-electron chi connectivity index (χ2n) is 4.41. The molecule has 2 unspecified atom stereocenters. The van der Waals surface area contributed by atoms with Crippen LogP contribution in [-0.4, -0.2) is 10.5 Å². The average Bonchev–Trinajstić information content (AvgIpc) is 2.66. The van der Waals surface area contributed by atoms with E-state index < -0.39 is 0 Å². The van der Waals surface area contributed by atoms with Crippen molar-refractivity contribution in [1.82, 2.24) is 0 Å². The molecule has 0 bridgehead atoms. The molecule has 2 atom stereocenters. The number of benzene rings is 1.